The number of ether oxygens (including phenoxy) is 2. The molecule has 2 aromatic heterocycles. The maximum atomic E-state index is 14.7. The van der Waals surface area contributed by atoms with Crippen molar-refractivity contribution in [3.05, 3.63) is 66.0 Å². The van der Waals surface area contributed by atoms with Crippen molar-refractivity contribution in [2.75, 3.05) is 13.8 Å². The van der Waals surface area contributed by atoms with E-state index in [1.165, 1.54) is 19.2 Å². The number of alkyl halides is 3. The molecule has 0 fully saturated rings. The molecule has 160 valence electrons. The van der Waals surface area contributed by atoms with E-state index in [0.29, 0.717) is 22.8 Å². The minimum absolute atomic E-state index is 0.0103. The molecule has 0 radical (unpaired) electrons. The smallest absolute Gasteiger partial charge is 0.301 e. The lowest BCUT2D eigenvalue weighted by Gasteiger charge is -2.14. The van der Waals surface area contributed by atoms with Gasteiger partial charge in [0.2, 0.25) is 5.58 Å². The van der Waals surface area contributed by atoms with Gasteiger partial charge in [-0.2, -0.15) is 8.78 Å². The van der Waals surface area contributed by atoms with Gasteiger partial charge in [0.25, 0.3) is 5.88 Å². The molecular weight excluding hydrogens is 418 g/mol. The molecule has 0 unspecified atom stereocenters. The normalized spacial score (nSPS) is 11.6. The number of hydrogen-bond donors (Lipinski definition) is 0. The Kier molecular flexibility index (Phi) is 5.45. The fourth-order valence-corrected chi connectivity index (χ4v) is 2.99. The van der Waals surface area contributed by atoms with Gasteiger partial charge in [0.15, 0.2) is 18.2 Å². The Morgan fingerprint density at radius 3 is 2.55 bits per heavy atom. The Labute approximate surface area is 173 Å². The predicted molar refractivity (Wildman–Crippen MR) is 102 cm³/mol. The summed E-state index contributed by atoms with van der Waals surface area (Å²) < 4.78 is 70.5. The quantitative estimate of drug-likeness (QED) is 0.379. The minimum Gasteiger partial charge on any atom is -0.493 e. The lowest BCUT2D eigenvalue weighted by molar-refractivity contribution is -0.0283. The Bertz CT molecular complexity index is 1220. The van der Waals surface area contributed by atoms with E-state index in [1.807, 2.05) is 0 Å². The van der Waals surface area contributed by atoms with Crippen LogP contribution in [0.4, 0.5) is 17.6 Å². The zero-order valence-electron chi connectivity index (χ0n) is 16.1. The third-order valence-corrected chi connectivity index (χ3v) is 4.55. The van der Waals surface area contributed by atoms with Crippen molar-refractivity contribution >= 4 is 11.0 Å². The first-order valence-corrected chi connectivity index (χ1v) is 9.03. The highest BCUT2D eigenvalue weighted by Crippen LogP contribution is 2.39. The molecule has 0 saturated heterocycles. The fraction of sp³-hybridized carbons (Fsp3) is 0.190. The van der Waals surface area contributed by atoms with Crippen LogP contribution in [0.25, 0.3) is 22.1 Å². The van der Waals surface area contributed by atoms with Gasteiger partial charge in [0.05, 0.1) is 12.5 Å². The summed E-state index contributed by atoms with van der Waals surface area (Å²) in [5, 5.41) is 4.24. The molecule has 4 rings (SSSR count). The number of methoxy groups -OCH3 is 1. The van der Waals surface area contributed by atoms with Gasteiger partial charge in [0, 0.05) is 23.5 Å². The van der Waals surface area contributed by atoms with Crippen LogP contribution in [-0.2, 0) is 12.5 Å². The van der Waals surface area contributed by atoms with Gasteiger partial charge in [-0.05, 0) is 35.0 Å². The van der Waals surface area contributed by atoms with E-state index in [2.05, 4.69) is 15.1 Å². The van der Waals surface area contributed by atoms with E-state index in [-0.39, 0.29) is 29.4 Å². The number of benzene rings is 2. The van der Waals surface area contributed by atoms with Crippen LogP contribution in [-0.4, -0.2) is 28.9 Å². The number of rotatable bonds is 7. The molecule has 6 nitrogen and oxygen atoms in total. The van der Waals surface area contributed by atoms with Crippen LogP contribution in [0.15, 0.2) is 53.3 Å². The highest BCUT2D eigenvalue weighted by molar-refractivity contribution is 5.92. The summed E-state index contributed by atoms with van der Waals surface area (Å²) >= 11 is 0. The molecular formula is C21H15F4N3O3. The molecule has 31 heavy (non-hydrogen) atoms. The summed E-state index contributed by atoms with van der Waals surface area (Å²) in [6, 6.07) is 7.41. The molecule has 0 spiro atoms. The zero-order chi connectivity index (χ0) is 22.0. The van der Waals surface area contributed by atoms with Gasteiger partial charge < -0.3 is 14.0 Å². The number of fused-ring (bicyclic) bond motifs is 1. The highest BCUT2D eigenvalue weighted by Gasteiger charge is 2.32. The summed E-state index contributed by atoms with van der Waals surface area (Å²) in [7, 11) is 1.39. The molecule has 4 aromatic rings. The summed E-state index contributed by atoms with van der Waals surface area (Å²) in [6.45, 7) is -1.91. The standard InChI is InChI=1S/C21H15F4N3O3/c1-29-17-8-12(14-4-3-13(9-16(14)23)21(24,25)11-22)7-15-19(17)31-28-20(15)30-10-18-26-5-2-6-27-18/h2-9H,10-11H2,1H3. The second kappa shape index (κ2) is 8.21. The van der Waals surface area contributed by atoms with Crippen molar-refractivity contribution in [1.82, 2.24) is 15.1 Å². The highest BCUT2D eigenvalue weighted by atomic mass is 19.3. The minimum atomic E-state index is -3.77. The number of hydrogen-bond acceptors (Lipinski definition) is 6. The Morgan fingerprint density at radius 2 is 1.87 bits per heavy atom. The van der Waals surface area contributed by atoms with Crippen LogP contribution >= 0.6 is 0 Å². The number of halogens is 4. The van der Waals surface area contributed by atoms with E-state index in [1.54, 1.807) is 18.5 Å². The molecule has 2 heterocycles. The van der Waals surface area contributed by atoms with Gasteiger partial charge >= 0.3 is 5.92 Å². The molecule has 0 bridgehead atoms. The van der Waals surface area contributed by atoms with Crippen LogP contribution in [0.5, 0.6) is 11.6 Å². The fourth-order valence-electron chi connectivity index (χ4n) is 2.99. The molecule has 2 aromatic carbocycles. The van der Waals surface area contributed by atoms with Crippen LogP contribution in [0.1, 0.15) is 11.4 Å². The molecule has 0 atom stereocenters. The van der Waals surface area contributed by atoms with E-state index < -0.39 is 24.0 Å². The zero-order valence-corrected chi connectivity index (χ0v) is 16.1. The van der Waals surface area contributed by atoms with Gasteiger partial charge in [-0.1, -0.05) is 12.1 Å². The third kappa shape index (κ3) is 4.00. The lowest BCUT2D eigenvalue weighted by atomic mass is 9.99. The van der Waals surface area contributed by atoms with Crippen LogP contribution < -0.4 is 9.47 Å². The Morgan fingerprint density at radius 1 is 1.10 bits per heavy atom. The number of nitrogens with zero attached hydrogens (tertiary/aromatic N) is 3. The Hall–Kier alpha value is -3.69. The van der Waals surface area contributed by atoms with Crippen LogP contribution in [0, 0.1) is 5.82 Å². The second-order valence-electron chi connectivity index (χ2n) is 6.53. The summed E-state index contributed by atoms with van der Waals surface area (Å²) in [4.78, 5) is 8.09. The topological polar surface area (TPSA) is 70.3 Å². The van der Waals surface area contributed by atoms with Crippen molar-refractivity contribution in [1.29, 1.82) is 0 Å². The van der Waals surface area contributed by atoms with Crippen LogP contribution in [0.2, 0.25) is 0 Å². The molecule has 0 N–H and O–H groups in total. The largest absolute Gasteiger partial charge is 0.493 e. The van der Waals surface area contributed by atoms with Gasteiger partial charge in [-0.3, -0.25) is 0 Å². The molecule has 0 aliphatic carbocycles. The maximum Gasteiger partial charge on any atom is 0.301 e. The van der Waals surface area contributed by atoms with Gasteiger partial charge in [-0.25, -0.2) is 18.7 Å². The maximum absolute atomic E-state index is 14.7. The second-order valence-corrected chi connectivity index (χ2v) is 6.53. The first-order chi connectivity index (χ1) is 14.9. The first kappa shape index (κ1) is 20.6. The van der Waals surface area contributed by atoms with E-state index in [9.17, 15) is 17.6 Å². The van der Waals surface area contributed by atoms with Crippen molar-refractivity contribution < 1.29 is 31.6 Å². The summed E-state index contributed by atoms with van der Waals surface area (Å²) in [5.74, 6) is -3.96. The molecule has 0 amide bonds. The van der Waals surface area contributed by atoms with E-state index >= 15 is 0 Å². The van der Waals surface area contributed by atoms with Gasteiger partial charge in [0.1, 0.15) is 12.4 Å². The first-order valence-electron chi connectivity index (χ1n) is 9.03. The molecule has 0 aliphatic rings. The van der Waals surface area contributed by atoms with Crippen LogP contribution in [0.3, 0.4) is 0 Å². The molecule has 0 aliphatic heterocycles. The van der Waals surface area contributed by atoms with Crippen molar-refractivity contribution in [3.63, 3.8) is 0 Å². The van der Waals surface area contributed by atoms with E-state index in [4.69, 9.17) is 14.0 Å². The molecule has 0 saturated carbocycles. The SMILES string of the molecule is COc1cc(-c2ccc(C(F)(F)CF)cc2F)cc2c(OCc3ncccn3)noc12. The molecule has 10 heteroatoms. The van der Waals surface area contributed by atoms with Crippen molar-refractivity contribution in [3.8, 4) is 22.8 Å². The van der Waals surface area contributed by atoms with Crippen molar-refractivity contribution in [2.45, 2.75) is 12.5 Å². The summed E-state index contributed by atoms with van der Waals surface area (Å²) in [5.41, 5.74) is -0.171. The predicted octanol–water partition coefficient (Wildman–Crippen LogP) is 5.07. The lowest BCUT2D eigenvalue weighted by Crippen LogP contribution is -2.16. The number of aromatic nitrogens is 3. The average molecular weight is 433 g/mol. The Balaban J connectivity index is 1.73. The monoisotopic (exact) mass is 433 g/mol. The van der Waals surface area contributed by atoms with E-state index in [0.717, 1.165) is 12.1 Å². The summed E-state index contributed by atoms with van der Waals surface area (Å²) in [6.07, 6.45) is 3.12. The average Bonchev–Trinajstić information content (AvgIpc) is 3.20. The third-order valence-electron chi connectivity index (χ3n) is 4.55. The van der Waals surface area contributed by atoms with Crippen molar-refractivity contribution in [2.24, 2.45) is 0 Å². The van der Waals surface area contributed by atoms with Gasteiger partial charge in [-0.15, -0.1) is 0 Å².